The van der Waals surface area contributed by atoms with Crippen LogP contribution in [0.5, 0.6) is 0 Å². The molecule has 0 unspecified atom stereocenters. The van der Waals surface area contributed by atoms with Crippen LogP contribution in [0.15, 0.2) is 0 Å². The summed E-state index contributed by atoms with van der Waals surface area (Å²) in [6.07, 6.45) is 7.81. The number of piperidine rings is 1. The molecule has 0 aromatic carbocycles. The summed E-state index contributed by atoms with van der Waals surface area (Å²) in [5, 5.41) is 17.9. The van der Waals surface area contributed by atoms with Crippen molar-refractivity contribution in [2.24, 2.45) is 11.8 Å². The molecule has 126 valence electrons. The molecule has 23 heavy (non-hydrogen) atoms. The molecule has 0 radical (unpaired) electrons. The highest BCUT2D eigenvalue weighted by Gasteiger charge is 2.30. The van der Waals surface area contributed by atoms with Gasteiger partial charge < -0.3 is 9.80 Å². The lowest BCUT2D eigenvalue weighted by atomic mass is 9.94. The number of nitrogens with zero attached hydrogens (tertiary/aromatic N) is 4. The molecule has 2 saturated heterocycles. The van der Waals surface area contributed by atoms with E-state index >= 15 is 0 Å². The lowest BCUT2D eigenvalue weighted by molar-refractivity contribution is -0.137. The van der Waals surface area contributed by atoms with Crippen molar-refractivity contribution >= 4 is 5.91 Å². The molecule has 0 aromatic heterocycles. The van der Waals surface area contributed by atoms with Gasteiger partial charge in [-0.05, 0) is 38.6 Å². The second-order valence-corrected chi connectivity index (χ2v) is 6.86. The molecule has 5 nitrogen and oxygen atoms in total. The van der Waals surface area contributed by atoms with Gasteiger partial charge in [-0.3, -0.25) is 4.79 Å². The molecule has 0 saturated carbocycles. The maximum Gasteiger partial charge on any atom is 0.226 e. The van der Waals surface area contributed by atoms with Crippen LogP contribution in [0.2, 0.25) is 0 Å². The summed E-state index contributed by atoms with van der Waals surface area (Å²) in [7, 11) is 0. The summed E-state index contributed by atoms with van der Waals surface area (Å²) in [4.78, 5) is 17.1. The Morgan fingerprint density at radius 3 is 2.48 bits per heavy atom. The van der Waals surface area contributed by atoms with Crippen molar-refractivity contribution in [1.29, 1.82) is 10.5 Å². The maximum absolute atomic E-state index is 12.8. The first kappa shape index (κ1) is 17.8. The molecule has 0 spiro atoms. The van der Waals surface area contributed by atoms with E-state index in [0.717, 1.165) is 51.9 Å². The van der Waals surface area contributed by atoms with Gasteiger partial charge in [0.15, 0.2) is 0 Å². The highest BCUT2D eigenvalue weighted by atomic mass is 16.2. The summed E-state index contributed by atoms with van der Waals surface area (Å²) < 4.78 is 0. The Balaban J connectivity index is 1.85. The fourth-order valence-electron chi connectivity index (χ4n) is 3.72. The van der Waals surface area contributed by atoms with Crippen LogP contribution in [0, 0.1) is 34.5 Å². The number of carbonyl (C=O) groups excluding carboxylic acids is 1. The fraction of sp³-hybridized carbons (Fsp3) is 0.833. The van der Waals surface area contributed by atoms with Crippen molar-refractivity contribution in [3.8, 4) is 12.1 Å². The normalized spacial score (nSPS) is 24.3. The second kappa shape index (κ2) is 9.53. The van der Waals surface area contributed by atoms with Crippen molar-refractivity contribution in [2.45, 2.75) is 51.4 Å². The van der Waals surface area contributed by atoms with Gasteiger partial charge in [0.2, 0.25) is 5.91 Å². The number of likely N-dealkylation sites (tertiary alicyclic amines) is 2. The fourth-order valence-corrected chi connectivity index (χ4v) is 3.72. The molecule has 2 rings (SSSR count). The van der Waals surface area contributed by atoms with E-state index < -0.39 is 0 Å². The van der Waals surface area contributed by atoms with Crippen molar-refractivity contribution < 1.29 is 4.79 Å². The van der Waals surface area contributed by atoms with Gasteiger partial charge in [-0.15, -0.1) is 0 Å². The van der Waals surface area contributed by atoms with Gasteiger partial charge >= 0.3 is 0 Å². The number of amides is 1. The Labute approximate surface area is 139 Å². The molecule has 2 heterocycles. The van der Waals surface area contributed by atoms with Crippen LogP contribution in [-0.2, 0) is 4.79 Å². The van der Waals surface area contributed by atoms with Gasteiger partial charge in [0.1, 0.15) is 0 Å². The first-order valence-electron chi connectivity index (χ1n) is 9.02. The average molecular weight is 316 g/mol. The van der Waals surface area contributed by atoms with Gasteiger partial charge in [-0.1, -0.05) is 12.8 Å². The molecule has 1 amide bonds. The van der Waals surface area contributed by atoms with Gasteiger partial charge in [-0.25, -0.2) is 0 Å². The van der Waals surface area contributed by atoms with Gasteiger partial charge in [0, 0.05) is 32.6 Å². The Morgan fingerprint density at radius 2 is 1.83 bits per heavy atom. The van der Waals surface area contributed by atoms with Gasteiger partial charge in [-0.2, -0.15) is 10.5 Å². The smallest absolute Gasteiger partial charge is 0.226 e. The standard InChI is InChI=1S/C18H28N4O/c19-9-5-7-16(13-20)14-21-10-6-8-17(15-21)18(23)22-11-3-1-2-4-12-22/h16-17H,1-8,10-12,14-15H2/t16-,17-/m1/s1. The van der Waals surface area contributed by atoms with Crippen molar-refractivity contribution in [2.75, 3.05) is 32.7 Å². The molecule has 2 aliphatic heterocycles. The minimum Gasteiger partial charge on any atom is -0.342 e. The largest absolute Gasteiger partial charge is 0.342 e. The van der Waals surface area contributed by atoms with Crippen LogP contribution in [0.1, 0.15) is 51.4 Å². The first-order valence-corrected chi connectivity index (χ1v) is 9.02. The molecule has 5 heteroatoms. The zero-order valence-electron chi connectivity index (χ0n) is 14.0. The SMILES string of the molecule is N#CCC[C@H](C#N)CN1CCC[C@@H](C(=O)N2CCCCCC2)C1. The molecule has 2 fully saturated rings. The van der Waals surface area contributed by atoms with E-state index in [4.69, 9.17) is 5.26 Å². The third-order valence-electron chi connectivity index (χ3n) is 5.04. The Kier molecular flexibility index (Phi) is 7.36. The number of carbonyl (C=O) groups is 1. The molecular weight excluding hydrogens is 288 g/mol. The predicted octanol–water partition coefficient (Wildman–Crippen LogP) is 2.54. The maximum atomic E-state index is 12.8. The highest BCUT2D eigenvalue weighted by molar-refractivity contribution is 5.79. The zero-order valence-corrected chi connectivity index (χ0v) is 14.0. The van der Waals surface area contributed by atoms with Crippen LogP contribution in [-0.4, -0.2) is 48.4 Å². The Morgan fingerprint density at radius 1 is 1.09 bits per heavy atom. The molecule has 0 bridgehead atoms. The number of rotatable bonds is 5. The van der Waals surface area contributed by atoms with Crippen molar-refractivity contribution in [3.05, 3.63) is 0 Å². The molecule has 0 N–H and O–H groups in total. The van der Waals surface area contributed by atoms with Crippen LogP contribution < -0.4 is 0 Å². The number of nitriles is 2. The molecule has 2 atom stereocenters. The topological polar surface area (TPSA) is 71.1 Å². The molecule has 0 aromatic rings. The predicted molar refractivity (Wildman–Crippen MR) is 88.2 cm³/mol. The molecule has 2 aliphatic rings. The van der Waals surface area contributed by atoms with Crippen LogP contribution in [0.4, 0.5) is 0 Å². The van der Waals surface area contributed by atoms with E-state index in [1.54, 1.807) is 0 Å². The third kappa shape index (κ3) is 5.52. The number of hydrogen-bond donors (Lipinski definition) is 0. The van der Waals surface area contributed by atoms with E-state index in [1.165, 1.54) is 12.8 Å². The first-order chi connectivity index (χ1) is 11.2. The van der Waals surface area contributed by atoms with Crippen LogP contribution >= 0.6 is 0 Å². The summed E-state index contributed by atoms with van der Waals surface area (Å²) in [5.41, 5.74) is 0. The quantitative estimate of drug-likeness (QED) is 0.781. The number of hydrogen-bond acceptors (Lipinski definition) is 4. The highest BCUT2D eigenvalue weighted by Crippen LogP contribution is 2.22. The van der Waals surface area contributed by atoms with E-state index in [0.29, 0.717) is 25.3 Å². The minimum absolute atomic E-state index is 0.0946. The lowest BCUT2D eigenvalue weighted by Gasteiger charge is -2.35. The summed E-state index contributed by atoms with van der Waals surface area (Å²) in [5.74, 6) is 0.320. The average Bonchev–Trinajstić information content (AvgIpc) is 2.87. The van der Waals surface area contributed by atoms with Crippen molar-refractivity contribution in [1.82, 2.24) is 9.80 Å². The van der Waals surface area contributed by atoms with Crippen LogP contribution in [0.3, 0.4) is 0 Å². The third-order valence-corrected chi connectivity index (χ3v) is 5.04. The molecular formula is C18H28N4O. The van der Waals surface area contributed by atoms with E-state index in [2.05, 4.69) is 21.9 Å². The van der Waals surface area contributed by atoms with Gasteiger partial charge in [0.25, 0.3) is 0 Å². The Bertz CT molecular complexity index is 457. The summed E-state index contributed by atoms with van der Waals surface area (Å²) >= 11 is 0. The summed E-state index contributed by atoms with van der Waals surface area (Å²) in [6, 6.07) is 4.43. The van der Waals surface area contributed by atoms with Gasteiger partial charge in [0.05, 0.1) is 24.0 Å². The monoisotopic (exact) mass is 316 g/mol. The van der Waals surface area contributed by atoms with E-state index in [-0.39, 0.29) is 11.8 Å². The zero-order chi connectivity index (χ0) is 16.5. The van der Waals surface area contributed by atoms with Crippen LogP contribution in [0.25, 0.3) is 0 Å². The minimum atomic E-state index is -0.0957. The second-order valence-electron chi connectivity index (χ2n) is 6.86. The Hall–Kier alpha value is -1.59. The van der Waals surface area contributed by atoms with Crippen molar-refractivity contribution in [3.63, 3.8) is 0 Å². The van der Waals surface area contributed by atoms with E-state index in [9.17, 15) is 10.1 Å². The van der Waals surface area contributed by atoms with E-state index in [1.807, 2.05) is 0 Å². The lowest BCUT2D eigenvalue weighted by Crippen LogP contribution is -2.46. The summed E-state index contributed by atoms with van der Waals surface area (Å²) in [6.45, 7) is 4.27. The molecule has 0 aliphatic carbocycles.